The van der Waals surface area contributed by atoms with Crippen molar-refractivity contribution in [1.82, 2.24) is 4.57 Å². The van der Waals surface area contributed by atoms with Gasteiger partial charge >= 0.3 is 0 Å². The average Bonchev–Trinajstić information content (AvgIpc) is 3.63. The van der Waals surface area contributed by atoms with E-state index in [1.54, 1.807) is 0 Å². The van der Waals surface area contributed by atoms with E-state index in [2.05, 4.69) is 229 Å². The Morgan fingerprint density at radius 2 is 0.544 bits per heavy atom. The number of fused-ring (bicyclic) bond motifs is 5. The lowest BCUT2D eigenvalue weighted by Crippen LogP contribution is -1.92. The lowest BCUT2D eigenvalue weighted by molar-refractivity contribution is 1.18. The molecule has 0 fully saturated rings. The Bertz CT molecular complexity index is 3170. The van der Waals surface area contributed by atoms with E-state index >= 15 is 0 Å². The Hall–Kier alpha value is -7.48. The van der Waals surface area contributed by atoms with E-state index in [0.29, 0.717) is 0 Å². The maximum Gasteiger partial charge on any atom is 0.0541 e. The quantitative estimate of drug-likeness (QED) is 0.151. The fraction of sp³-hybridized carbons (Fsp3) is 0. The summed E-state index contributed by atoms with van der Waals surface area (Å²) >= 11 is 0. The summed E-state index contributed by atoms with van der Waals surface area (Å²) in [7, 11) is 0. The third kappa shape index (κ3) is 5.63. The third-order valence-corrected chi connectivity index (χ3v) is 11.6. The van der Waals surface area contributed by atoms with Gasteiger partial charge in [-0.25, -0.2) is 0 Å². The van der Waals surface area contributed by atoms with Crippen LogP contribution in [0.1, 0.15) is 0 Å². The number of hydrogen-bond donors (Lipinski definition) is 0. The van der Waals surface area contributed by atoms with Crippen LogP contribution in [0.4, 0.5) is 0 Å². The molecule has 1 nitrogen and oxygen atoms in total. The molecule has 10 aromatic carbocycles. The van der Waals surface area contributed by atoms with Gasteiger partial charge in [0, 0.05) is 16.5 Å². The minimum absolute atomic E-state index is 1.18. The van der Waals surface area contributed by atoms with Gasteiger partial charge in [0.15, 0.2) is 0 Å². The Labute approximate surface area is 332 Å². The van der Waals surface area contributed by atoms with Gasteiger partial charge in [0.25, 0.3) is 0 Å². The Morgan fingerprint density at radius 3 is 1.04 bits per heavy atom. The molecule has 0 N–H and O–H groups in total. The number of rotatable bonds is 6. The molecule has 0 radical (unpaired) electrons. The molecule has 57 heavy (non-hydrogen) atoms. The van der Waals surface area contributed by atoms with Crippen molar-refractivity contribution < 1.29 is 0 Å². The molecular formula is C56H37N. The summed E-state index contributed by atoms with van der Waals surface area (Å²) in [6.45, 7) is 0. The number of benzene rings is 10. The molecule has 0 bridgehead atoms. The van der Waals surface area contributed by atoms with Gasteiger partial charge in [-0.3, -0.25) is 0 Å². The van der Waals surface area contributed by atoms with E-state index in [4.69, 9.17) is 0 Å². The maximum atomic E-state index is 2.37. The molecule has 0 unspecified atom stereocenters. The van der Waals surface area contributed by atoms with Crippen LogP contribution >= 0.6 is 0 Å². The molecule has 0 aliphatic rings. The van der Waals surface area contributed by atoms with Crippen LogP contribution in [0.3, 0.4) is 0 Å². The minimum Gasteiger partial charge on any atom is -0.309 e. The van der Waals surface area contributed by atoms with Gasteiger partial charge in [-0.1, -0.05) is 194 Å². The van der Waals surface area contributed by atoms with Crippen molar-refractivity contribution in [3.63, 3.8) is 0 Å². The van der Waals surface area contributed by atoms with Crippen molar-refractivity contribution in [1.29, 1.82) is 0 Å². The molecule has 1 aromatic heterocycles. The average molecular weight is 724 g/mol. The van der Waals surface area contributed by atoms with E-state index in [-0.39, 0.29) is 0 Å². The summed E-state index contributed by atoms with van der Waals surface area (Å²) in [5, 5.41) is 7.59. The molecule has 0 saturated heterocycles. The van der Waals surface area contributed by atoms with E-state index in [0.717, 1.165) is 0 Å². The van der Waals surface area contributed by atoms with Gasteiger partial charge in [0.1, 0.15) is 0 Å². The molecule has 0 saturated carbocycles. The van der Waals surface area contributed by atoms with Crippen LogP contribution in [0.25, 0.3) is 105 Å². The normalized spacial score (nSPS) is 11.5. The summed E-state index contributed by atoms with van der Waals surface area (Å²) in [6, 6.07) is 81.8. The van der Waals surface area contributed by atoms with E-state index in [1.165, 1.54) is 105 Å². The molecule has 0 aliphatic heterocycles. The largest absolute Gasteiger partial charge is 0.309 e. The number of nitrogens with zero attached hydrogens (tertiary/aromatic N) is 1. The first-order chi connectivity index (χ1) is 28.3. The monoisotopic (exact) mass is 723 g/mol. The highest BCUT2D eigenvalue weighted by Gasteiger charge is 2.17. The summed E-state index contributed by atoms with van der Waals surface area (Å²) < 4.78 is 2.37. The zero-order valence-electron chi connectivity index (χ0n) is 31.3. The third-order valence-electron chi connectivity index (χ3n) is 11.6. The SMILES string of the molecule is c1ccc(-c2ccc(-c3c4ccccc4c(-c4ccc(-c5ccc(-c6ccc7c(c6)c6ccccc6n7-c6ccccc6)cc5)cc4)c4ccccc34)cc2)cc1. The second-order valence-electron chi connectivity index (χ2n) is 14.9. The van der Waals surface area contributed by atoms with Gasteiger partial charge in [-0.2, -0.15) is 0 Å². The molecular weight excluding hydrogens is 687 g/mol. The van der Waals surface area contributed by atoms with Crippen LogP contribution in [0.15, 0.2) is 224 Å². The molecule has 11 rings (SSSR count). The predicted molar refractivity (Wildman–Crippen MR) is 243 cm³/mol. The maximum absolute atomic E-state index is 2.37. The van der Waals surface area contributed by atoms with Crippen molar-refractivity contribution in [2.45, 2.75) is 0 Å². The van der Waals surface area contributed by atoms with Crippen LogP contribution in [0, 0.1) is 0 Å². The first kappa shape index (κ1) is 32.9. The Kier molecular flexibility index (Phi) is 7.89. The first-order valence-electron chi connectivity index (χ1n) is 19.7. The number of para-hydroxylation sites is 2. The lowest BCUT2D eigenvalue weighted by atomic mass is 9.85. The molecule has 11 aromatic rings. The van der Waals surface area contributed by atoms with Crippen LogP contribution < -0.4 is 0 Å². The molecule has 266 valence electrons. The summed E-state index contributed by atoms with van der Waals surface area (Å²) in [6.07, 6.45) is 0. The second kappa shape index (κ2) is 13.7. The Morgan fingerprint density at radius 1 is 0.211 bits per heavy atom. The standard InChI is InChI=1S/C56H37N/c1-3-13-38(14-4-1)39-27-31-43(32-28-39)55-48-18-7-9-20-50(48)56(51-21-10-8-19-49(51)55)44-33-29-41(30-34-44)40-23-25-42(26-24-40)45-35-36-54-52(37-45)47-17-11-12-22-53(47)57(54)46-15-5-2-6-16-46/h1-37H. The van der Waals surface area contributed by atoms with E-state index in [1.807, 2.05) is 0 Å². The molecule has 0 aliphatic carbocycles. The summed E-state index contributed by atoms with van der Waals surface area (Å²) in [5.74, 6) is 0. The van der Waals surface area contributed by atoms with Gasteiger partial charge in [-0.15, -0.1) is 0 Å². The van der Waals surface area contributed by atoms with Crippen LogP contribution in [0.5, 0.6) is 0 Å². The lowest BCUT2D eigenvalue weighted by Gasteiger charge is -2.18. The molecule has 1 heterocycles. The van der Waals surface area contributed by atoms with Crippen molar-refractivity contribution in [2.75, 3.05) is 0 Å². The van der Waals surface area contributed by atoms with Crippen LogP contribution in [-0.4, -0.2) is 4.57 Å². The second-order valence-corrected chi connectivity index (χ2v) is 14.9. The highest BCUT2D eigenvalue weighted by Crippen LogP contribution is 2.44. The smallest absolute Gasteiger partial charge is 0.0541 e. The fourth-order valence-corrected chi connectivity index (χ4v) is 8.90. The zero-order chi connectivity index (χ0) is 37.7. The van der Waals surface area contributed by atoms with Gasteiger partial charge < -0.3 is 4.57 Å². The molecule has 1 heteroatoms. The van der Waals surface area contributed by atoms with Gasteiger partial charge in [0.05, 0.1) is 11.0 Å². The molecule has 0 spiro atoms. The highest BCUT2D eigenvalue weighted by molar-refractivity contribution is 6.21. The predicted octanol–water partition coefficient (Wildman–Crippen LogP) is 15.4. The molecule has 0 atom stereocenters. The van der Waals surface area contributed by atoms with Crippen LogP contribution in [-0.2, 0) is 0 Å². The molecule has 0 amide bonds. The topological polar surface area (TPSA) is 4.93 Å². The van der Waals surface area contributed by atoms with Gasteiger partial charge in [0.2, 0.25) is 0 Å². The van der Waals surface area contributed by atoms with E-state index < -0.39 is 0 Å². The summed E-state index contributed by atoms with van der Waals surface area (Å²) in [5.41, 5.74) is 15.9. The van der Waals surface area contributed by atoms with Crippen LogP contribution in [0.2, 0.25) is 0 Å². The van der Waals surface area contributed by atoms with Crippen molar-refractivity contribution in [3.8, 4) is 61.3 Å². The zero-order valence-corrected chi connectivity index (χ0v) is 31.3. The fourth-order valence-electron chi connectivity index (χ4n) is 8.90. The van der Waals surface area contributed by atoms with Crippen molar-refractivity contribution >= 4 is 43.4 Å². The van der Waals surface area contributed by atoms with Crippen molar-refractivity contribution in [2.24, 2.45) is 0 Å². The highest BCUT2D eigenvalue weighted by atomic mass is 15.0. The summed E-state index contributed by atoms with van der Waals surface area (Å²) in [4.78, 5) is 0. The number of aromatic nitrogens is 1. The van der Waals surface area contributed by atoms with Gasteiger partial charge in [-0.05, 0) is 108 Å². The van der Waals surface area contributed by atoms with Crippen molar-refractivity contribution in [3.05, 3.63) is 224 Å². The number of hydrogen-bond acceptors (Lipinski definition) is 0. The minimum atomic E-state index is 1.18. The van der Waals surface area contributed by atoms with E-state index in [9.17, 15) is 0 Å². The Balaban J connectivity index is 0.940. The first-order valence-corrected chi connectivity index (χ1v) is 19.7.